The molecule has 17 heteroatoms. The SMILES string of the molecule is C.CC(=O)NCCC(=O)NCCC(=O)NCCC(=O)NCCC(=O)NCCCCC(=O)N[C@H](Cc1ccccc1)C(=O)N[C@H](C)C(=O)O.CCCCCN[C@H]1CCC2(C)C(=CC[C@H]3C2CCC2(C)C([C@H](C)CCCC(C)C)CC[C@@H]32)C1. The Labute approximate surface area is 486 Å². The number of hydrogen-bond acceptors (Lipinski definition) is 9. The summed E-state index contributed by atoms with van der Waals surface area (Å²) in [5, 5.41) is 31.0. The van der Waals surface area contributed by atoms with Crippen LogP contribution in [0, 0.1) is 46.3 Å². The fourth-order valence-electron chi connectivity index (χ4n) is 13.5. The van der Waals surface area contributed by atoms with Gasteiger partial charge in [-0.25, -0.2) is 0 Å². The van der Waals surface area contributed by atoms with Gasteiger partial charge < -0.3 is 47.6 Å². The molecular weight excluding hydrogens is 1020 g/mol. The zero-order chi connectivity index (χ0) is 58.7. The molecule has 17 nitrogen and oxygen atoms in total. The number of carboxylic acid groups (broad SMARTS) is 1. The van der Waals surface area contributed by atoms with Crippen LogP contribution in [0.5, 0.6) is 0 Å². The number of aliphatic carboxylic acids is 1. The molecule has 4 unspecified atom stereocenters. The van der Waals surface area contributed by atoms with Crippen LogP contribution in [-0.2, 0) is 44.8 Å². The van der Waals surface area contributed by atoms with Crippen LogP contribution in [0.15, 0.2) is 42.0 Å². The molecule has 3 fully saturated rings. The zero-order valence-electron chi connectivity index (χ0n) is 50.2. The Morgan fingerprint density at radius 2 is 1.22 bits per heavy atom. The molecule has 10 atom stereocenters. The van der Waals surface area contributed by atoms with Crippen LogP contribution in [0.3, 0.4) is 0 Å². The number of allylic oxidation sites excluding steroid dienone is 1. The highest BCUT2D eigenvalue weighted by Crippen LogP contribution is 2.67. The predicted molar refractivity (Wildman–Crippen MR) is 321 cm³/mol. The summed E-state index contributed by atoms with van der Waals surface area (Å²) >= 11 is 0. The minimum Gasteiger partial charge on any atom is -0.480 e. The Bertz CT molecular complexity index is 2170. The van der Waals surface area contributed by atoms with E-state index in [0.29, 0.717) is 30.2 Å². The zero-order valence-corrected chi connectivity index (χ0v) is 50.2. The quantitative estimate of drug-likeness (QED) is 0.0240. The van der Waals surface area contributed by atoms with Gasteiger partial charge in [-0.15, -0.1) is 0 Å². The van der Waals surface area contributed by atoms with E-state index in [1.54, 1.807) is 24.3 Å². The van der Waals surface area contributed by atoms with Crippen molar-refractivity contribution in [3.63, 3.8) is 0 Å². The number of hydrogen-bond donors (Lipinski definition) is 9. The minimum absolute atomic E-state index is 0. The molecule has 3 saturated carbocycles. The van der Waals surface area contributed by atoms with E-state index in [-0.39, 0.29) is 108 Å². The Kier molecular flexibility index (Phi) is 31.3. The van der Waals surface area contributed by atoms with E-state index in [1.807, 2.05) is 11.6 Å². The van der Waals surface area contributed by atoms with E-state index in [9.17, 15) is 38.4 Å². The minimum atomic E-state index is -1.19. The molecule has 7 amide bonds. The molecule has 0 saturated heterocycles. The lowest BCUT2D eigenvalue weighted by atomic mass is 9.47. The summed E-state index contributed by atoms with van der Waals surface area (Å²) in [7, 11) is 0. The second kappa shape index (κ2) is 36.3. The molecule has 0 heterocycles. The van der Waals surface area contributed by atoms with Crippen molar-refractivity contribution in [1.82, 2.24) is 42.5 Å². The smallest absolute Gasteiger partial charge is 0.325 e. The first-order chi connectivity index (χ1) is 38.2. The second-order valence-corrected chi connectivity index (χ2v) is 24.6. The average Bonchev–Trinajstić information content (AvgIpc) is 4.08. The van der Waals surface area contributed by atoms with Crippen LogP contribution in [0.1, 0.15) is 203 Å². The molecule has 4 aliphatic carbocycles. The molecule has 458 valence electrons. The molecule has 1 aromatic rings. The monoisotopic (exact) mass is 1130 g/mol. The summed E-state index contributed by atoms with van der Waals surface area (Å²) in [5.41, 5.74) is 3.78. The van der Waals surface area contributed by atoms with Crippen LogP contribution < -0.4 is 42.5 Å². The molecule has 4 aliphatic rings. The standard InChI is InChI=1S/C32H57N.C31H47N7O9.CH4/c1-7-8-9-21-33-26-17-19-31(5)25(22-26)13-14-27-29-16-15-28(24(4)12-10-11-23(2)3)32(29,6)20-18-30(27)31;1-21(31(46)47)37-30(45)24(20-23-8-4-3-5-9-23)38-29(44)10-6-7-15-33-25(40)12-17-35-27(42)14-19-36-28(43)13-18-34-26(41)11-16-32-22(2)39;/h13,23-24,26-30,33H,7-12,14-22H2,1-6H3;3-5,8-9,21,24H,6-7,10-20H2,1-2H3,(H,32,39)(H,33,40)(H,34,41)(H,35,42)(H,36,43)(H,37,45)(H,38,44)(H,46,47);1H4/t24-,26+,27-,28?,29+,30?,31?,32?;21-,24-;/m11./s1. The predicted octanol–water partition coefficient (Wildman–Crippen LogP) is 8.45. The lowest BCUT2D eigenvalue weighted by Gasteiger charge is -2.58. The summed E-state index contributed by atoms with van der Waals surface area (Å²) in [6.07, 6.45) is 24.2. The van der Waals surface area contributed by atoms with Gasteiger partial charge in [0.25, 0.3) is 0 Å². The maximum atomic E-state index is 12.6. The number of amides is 7. The van der Waals surface area contributed by atoms with Crippen LogP contribution in [0.4, 0.5) is 0 Å². The number of carbonyl (C=O) groups is 8. The van der Waals surface area contributed by atoms with Gasteiger partial charge in [-0.3, -0.25) is 38.4 Å². The summed E-state index contributed by atoms with van der Waals surface area (Å²) in [6.45, 7) is 19.9. The number of benzene rings is 1. The number of carboxylic acids is 1. The van der Waals surface area contributed by atoms with Gasteiger partial charge >= 0.3 is 5.97 Å². The number of carbonyl (C=O) groups excluding carboxylic acids is 7. The fourth-order valence-corrected chi connectivity index (χ4v) is 13.5. The Hall–Kier alpha value is -5.32. The van der Waals surface area contributed by atoms with Gasteiger partial charge in [0.1, 0.15) is 12.1 Å². The van der Waals surface area contributed by atoms with Crippen molar-refractivity contribution in [1.29, 1.82) is 0 Å². The average molecular weight is 1130 g/mol. The van der Waals surface area contributed by atoms with Crippen molar-refractivity contribution in [3.05, 3.63) is 47.5 Å². The number of rotatable bonds is 33. The van der Waals surface area contributed by atoms with Crippen molar-refractivity contribution in [3.8, 4) is 0 Å². The molecule has 5 rings (SSSR count). The number of nitrogens with one attached hydrogen (secondary N) is 8. The van der Waals surface area contributed by atoms with E-state index in [0.717, 1.165) is 47.1 Å². The molecule has 0 spiro atoms. The summed E-state index contributed by atoms with van der Waals surface area (Å²) in [6, 6.07) is 7.69. The van der Waals surface area contributed by atoms with E-state index >= 15 is 0 Å². The Morgan fingerprint density at radius 1 is 0.630 bits per heavy atom. The number of fused-ring (bicyclic) bond motifs is 5. The molecule has 0 aromatic heterocycles. The third-order valence-electron chi connectivity index (χ3n) is 18.1. The van der Waals surface area contributed by atoms with Crippen LogP contribution in [0.25, 0.3) is 0 Å². The van der Waals surface area contributed by atoms with Gasteiger partial charge in [-0.2, -0.15) is 0 Å². The molecule has 0 radical (unpaired) electrons. The van der Waals surface area contributed by atoms with E-state index < -0.39 is 24.0 Å². The van der Waals surface area contributed by atoms with Gasteiger partial charge in [0.05, 0.1) is 0 Å². The molecular formula is C64H108N8O9. The third-order valence-corrected chi connectivity index (χ3v) is 18.1. The first kappa shape index (κ1) is 69.9. The summed E-state index contributed by atoms with van der Waals surface area (Å²) in [4.78, 5) is 94.5. The van der Waals surface area contributed by atoms with Crippen LogP contribution in [0.2, 0.25) is 0 Å². The summed E-state index contributed by atoms with van der Waals surface area (Å²) < 4.78 is 0. The maximum absolute atomic E-state index is 12.6. The molecule has 0 bridgehead atoms. The van der Waals surface area contributed by atoms with Crippen molar-refractivity contribution in [2.75, 3.05) is 39.3 Å². The maximum Gasteiger partial charge on any atom is 0.325 e. The first-order valence-corrected chi connectivity index (χ1v) is 30.8. The highest BCUT2D eigenvalue weighted by Gasteiger charge is 2.59. The molecule has 1 aromatic carbocycles. The largest absolute Gasteiger partial charge is 0.480 e. The second-order valence-electron chi connectivity index (χ2n) is 24.6. The van der Waals surface area contributed by atoms with Crippen molar-refractivity contribution < 1.29 is 43.5 Å². The Morgan fingerprint density at radius 3 is 1.80 bits per heavy atom. The number of unbranched alkanes of at least 4 members (excludes halogenated alkanes) is 3. The topological polar surface area (TPSA) is 253 Å². The third kappa shape index (κ3) is 23.8. The molecule has 0 aliphatic heterocycles. The lowest BCUT2D eigenvalue weighted by Crippen LogP contribution is -2.51. The van der Waals surface area contributed by atoms with Gasteiger partial charge in [0.2, 0.25) is 41.4 Å². The highest BCUT2D eigenvalue weighted by molar-refractivity contribution is 5.90. The van der Waals surface area contributed by atoms with Gasteiger partial charge in [-0.1, -0.05) is 123 Å². The highest BCUT2D eigenvalue weighted by atomic mass is 16.4. The Balaban J connectivity index is 0.000000442. The van der Waals surface area contributed by atoms with Gasteiger partial charge in [-0.05, 0) is 136 Å². The van der Waals surface area contributed by atoms with Gasteiger partial charge in [0.15, 0.2) is 0 Å². The van der Waals surface area contributed by atoms with Crippen molar-refractivity contribution in [2.24, 2.45) is 46.3 Å². The van der Waals surface area contributed by atoms with E-state index in [2.05, 4.69) is 90.2 Å². The first-order valence-electron chi connectivity index (χ1n) is 30.8. The van der Waals surface area contributed by atoms with Gasteiger partial charge in [0, 0.05) is 84.2 Å². The molecule has 9 N–H and O–H groups in total. The van der Waals surface area contributed by atoms with Crippen LogP contribution in [-0.4, -0.2) is 110 Å². The van der Waals surface area contributed by atoms with Crippen molar-refractivity contribution >= 4 is 47.3 Å². The van der Waals surface area contributed by atoms with E-state index in [4.69, 9.17) is 5.11 Å². The fraction of sp³-hybridized carbons (Fsp3) is 0.750. The van der Waals surface area contributed by atoms with Crippen LogP contribution >= 0.6 is 0 Å². The van der Waals surface area contributed by atoms with E-state index in [1.165, 1.54) is 110 Å². The molecule has 81 heavy (non-hydrogen) atoms. The summed E-state index contributed by atoms with van der Waals surface area (Å²) in [5.74, 6) is 2.05. The van der Waals surface area contributed by atoms with Crippen molar-refractivity contribution in [2.45, 2.75) is 222 Å². The normalized spacial score (nSPS) is 23.6. The lowest BCUT2D eigenvalue weighted by molar-refractivity contribution is -0.141.